The lowest BCUT2D eigenvalue weighted by atomic mass is 9.88. The molecule has 1 nitrogen and oxygen atoms in total. The third-order valence-corrected chi connectivity index (χ3v) is 3.67. The third-order valence-electron chi connectivity index (χ3n) is 3.67. The maximum atomic E-state index is 4.62. The minimum absolute atomic E-state index is 0.148. The Hall–Kier alpha value is -2.15. The van der Waals surface area contributed by atoms with Crippen LogP contribution in [0.3, 0.4) is 0 Å². The predicted molar refractivity (Wildman–Crippen MR) is 85.9 cm³/mol. The highest BCUT2D eigenvalue weighted by molar-refractivity contribution is 5.86. The Morgan fingerprint density at radius 2 is 1.55 bits per heavy atom. The molecule has 1 heteroatoms. The topological polar surface area (TPSA) is 12.9 Å². The molecule has 0 N–H and O–H groups in total. The lowest BCUT2D eigenvalue weighted by Gasteiger charge is -2.18. The molecular weight excluding hydrogens is 242 g/mol. The summed E-state index contributed by atoms with van der Waals surface area (Å²) < 4.78 is 0. The Kier molecular flexibility index (Phi) is 3.06. The van der Waals surface area contributed by atoms with Gasteiger partial charge in [0.15, 0.2) is 0 Å². The van der Waals surface area contributed by atoms with E-state index in [0.29, 0.717) is 0 Å². The lowest BCUT2D eigenvalue weighted by Crippen LogP contribution is -2.11. The summed E-state index contributed by atoms with van der Waals surface area (Å²) in [5, 5.41) is 2.52. The Balaban J connectivity index is 2.02. The molecule has 2 aromatic carbocycles. The standard InChI is InChI=1S/C19H19N/c1-19(2,3)17-10-11-18(20-13-17)16-9-8-14-6-4-5-7-15(14)12-16/h4-13H,1-3H3. The van der Waals surface area contributed by atoms with Gasteiger partial charge in [0.1, 0.15) is 0 Å². The molecule has 0 amide bonds. The zero-order valence-electron chi connectivity index (χ0n) is 12.2. The summed E-state index contributed by atoms with van der Waals surface area (Å²) in [4.78, 5) is 4.62. The van der Waals surface area contributed by atoms with E-state index in [4.69, 9.17) is 0 Å². The maximum absolute atomic E-state index is 4.62. The number of rotatable bonds is 1. The van der Waals surface area contributed by atoms with Gasteiger partial charge < -0.3 is 0 Å². The molecule has 0 aliphatic rings. The van der Waals surface area contributed by atoms with E-state index in [0.717, 1.165) is 5.69 Å². The predicted octanol–water partition coefficient (Wildman–Crippen LogP) is 5.20. The van der Waals surface area contributed by atoms with Gasteiger partial charge in [-0.25, -0.2) is 0 Å². The van der Waals surface area contributed by atoms with Gasteiger partial charge in [-0.2, -0.15) is 0 Å². The van der Waals surface area contributed by atoms with E-state index in [1.807, 2.05) is 6.20 Å². The van der Waals surface area contributed by atoms with Crippen LogP contribution in [0.4, 0.5) is 0 Å². The van der Waals surface area contributed by atoms with Crippen LogP contribution in [0.5, 0.6) is 0 Å². The highest BCUT2D eigenvalue weighted by atomic mass is 14.7. The molecule has 0 unspecified atom stereocenters. The van der Waals surface area contributed by atoms with Crippen LogP contribution in [0, 0.1) is 0 Å². The SMILES string of the molecule is CC(C)(C)c1ccc(-c2ccc3ccccc3c2)nc1. The van der Waals surface area contributed by atoms with Crippen molar-refractivity contribution < 1.29 is 0 Å². The number of benzene rings is 2. The quantitative estimate of drug-likeness (QED) is 0.586. The smallest absolute Gasteiger partial charge is 0.0702 e. The third kappa shape index (κ3) is 2.44. The second-order valence-electron chi connectivity index (χ2n) is 6.24. The molecule has 3 aromatic rings. The van der Waals surface area contributed by atoms with Gasteiger partial charge in [-0.1, -0.05) is 63.2 Å². The summed E-state index contributed by atoms with van der Waals surface area (Å²) in [5.74, 6) is 0. The van der Waals surface area contributed by atoms with Crippen LogP contribution in [0.2, 0.25) is 0 Å². The van der Waals surface area contributed by atoms with Crippen LogP contribution < -0.4 is 0 Å². The number of nitrogens with zero attached hydrogens (tertiary/aromatic N) is 1. The van der Waals surface area contributed by atoms with Gasteiger partial charge in [0, 0.05) is 11.8 Å². The number of hydrogen-bond acceptors (Lipinski definition) is 1. The zero-order chi connectivity index (χ0) is 14.2. The van der Waals surface area contributed by atoms with Crippen LogP contribution in [0.25, 0.3) is 22.0 Å². The van der Waals surface area contributed by atoms with Gasteiger partial charge in [0.25, 0.3) is 0 Å². The molecule has 0 aliphatic heterocycles. The summed E-state index contributed by atoms with van der Waals surface area (Å²) in [6.45, 7) is 6.62. The van der Waals surface area contributed by atoms with E-state index in [1.54, 1.807) is 0 Å². The van der Waals surface area contributed by atoms with E-state index < -0.39 is 0 Å². The van der Waals surface area contributed by atoms with Crippen LogP contribution in [-0.2, 0) is 5.41 Å². The van der Waals surface area contributed by atoms with E-state index in [1.165, 1.54) is 21.9 Å². The van der Waals surface area contributed by atoms with E-state index in [-0.39, 0.29) is 5.41 Å². The summed E-state index contributed by atoms with van der Waals surface area (Å²) in [5.41, 5.74) is 3.62. The van der Waals surface area contributed by atoms with Crippen LogP contribution >= 0.6 is 0 Å². The largest absolute Gasteiger partial charge is 0.256 e. The average Bonchev–Trinajstić information content (AvgIpc) is 2.46. The molecule has 0 spiro atoms. The molecule has 0 radical (unpaired) electrons. The molecule has 100 valence electrons. The fourth-order valence-corrected chi connectivity index (χ4v) is 2.36. The number of aromatic nitrogens is 1. The second-order valence-corrected chi connectivity index (χ2v) is 6.24. The molecule has 0 atom stereocenters. The van der Waals surface area contributed by atoms with Crippen LogP contribution in [0.1, 0.15) is 26.3 Å². The first kappa shape index (κ1) is 12.9. The van der Waals surface area contributed by atoms with Gasteiger partial charge in [-0.15, -0.1) is 0 Å². The minimum Gasteiger partial charge on any atom is -0.256 e. The van der Waals surface area contributed by atoms with Gasteiger partial charge in [0.2, 0.25) is 0 Å². The number of pyridine rings is 1. The van der Waals surface area contributed by atoms with Gasteiger partial charge in [0.05, 0.1) is 5.69 Å². The van der Waals surface area contributed by atoms with Gasteiger partial charge in [-0.05, 0) is 33.9 Å². The van der Waals surface area contributed by atoms with Crippen molar-refractivity contribution in [3.05, 3.63) is 66.4 Å². The minimum atomic E-state index is 0.148. The van der Waals surface area contributed by atoms with Gasteiger partial charge >= 0.3 is 0 Å². The van der Waals surface area contributed by atoms with Crippen molar-refractivity contribution in [1.29, 1.82) is 0 Å². The van der Waals surface area contributed by atoms with Crippen molar-refractivity contribution in [3.8, 4) is 11.3 Å². The van der Waals surface area contributed by atoms with Crippen LogP contribution in [0.15, 0.2) is 60.8 Å². The second kappa shape index (κ2) is 4.75. The highest BCUT2D eigenvalue weighted by Gasteiger charge is 2.13. The lowest BCUT2D eigenvalue weighted by molar-refractivity contribution is 0.587. The van der Waals surface area contributed by atoms with Crippen molar-refractivity contribution in [2.24, 2.45) is 0 Å². The fraction of sp³-hybridized carbons (Fsp3) is 0.211. The Morgan fingerprint density at radius 3 is 2.20 bits per heavy atom. The van der Waals surface area contributed by atoms with Crippen LogP contribution in [-0.4, -0.2) is 4.98 Å². The van der Waals surface area contributed by atoms with Crippen molar-refractivity contribution in [1.82, 2.24) is 4.98 Å². The van der Waals surface area contributed by atoms with Crippen molar-refractivity contribution in [3.63, 3.8) is 0 Å². The summed E-state index contributed by atoms with van der Waals surface area (Å²) >= 11 is 0. The normalized spacial score (nSPS) is 11.8. The number of fused-ring (bicyclic) bond motifs is 1. The van der Waals surface area contributed by atoms with Crippen molar-refractivity contribution in [2.45, 2.75) is 26.2 Å². The molecule has 3 rings (SSSR count). The molecule has 0 aliphatic carbocycles. The average molecular weight is 261 g/mol. The molecule has 1 heterocycles. The Bertz CT molecular complexity index is 734. The zero-order valence-corrected chi connectivity index (χ0v) is 12.2. The Morgan fingerprint density at radius 1 is 0.800 bits per heavy atom. The molecule has 20 heavy (non-hydrogen) atoms. The van der Waals surface area contributed by atoms with E-state index >= 15 is 0 Å². The van der Waals surface area contributed by atoms with E-state index in [2.05, 4.69) is 80.4 Å². The first-order chi connectivity index (χ1) is 9.54. The molecule has 1 aromatic heterocycles. The maximum Gasteiger partial charge on any atom is 0.0702 e. The van der Waals surface area contributed by atoms with Gasteiger partial charge in [-0.3, -0.25) is 4.98 Å². The summed E-state index contributed by atoms with van der Waals surface area (Å²) in [7, 11) is 0. The fourth-order valence-electron chi connectivity index (χ4n) is 2.36. The van der Waals surface area contributed by atoms with E-state index in [9.17, 15) is 0 Å². The summed E-state index contributed by atoms with van der Waals surface area (Å²) in [6.07, 6.45) is 1.99. The summed E-state index contributed by atoms with van der Waals surface area (Å²) in [6, 6.07) is 19.2. The van der Waals surface area contributed by atoms with Crippen molar-refractivity contribution >= 4 is 10.8 Å². The first-order valence-electron chi connectivity index (χ1n) is 7.00. The molecule has 0 saturated heterocycles. The monoisotopic (exact) mass is 261 g/mol. The number of hydrogen-bond donors (Lipinski definition) is 0. The Labute approximate surface area is 120 Å². The first-order valence-corrected chi connectivity index (χ1v) is 7.00. The molecule has 0 bridgehead atoms. The van der Waals surface area contributed by atoms with Crippen molar-refractivity contribution in [2.75, 3.05) is 0 Å². The molecule has 0 saturated carbocycles. The molecule has 0 fully saturated rings. The highest BCUT2D eigenvalue weighted by Crippen LogP contribution is 2.26. The molecular formula is C19H19N.